The van der Waals surface area contributed by atoms with E-state index in [1.807, 2.05) is 19.1 Å². The normalized spacial score (nSPS) is 11.2. The minimum atomic E-state index is 0.637. The van der Waals surface area contributed by atoms with Crippen LogP contribution in [0.5, 0.6) is 0 Å². The van der Waals surface area contributed by atoms with Crippen molar-refractivity contribution in [1.29, 1.82) is 0 Å². The molecular weight excluding hydrogens is 222 g/mol. The van der Waals surface area contributed by atoms with Gasteiger partial charge in [-0.1, -0.05) is 0 Å². The van der Waals surface area contributed by atoms with Crippen LogP contribution < -0.4 is 11.1 Å². The molecule has 3 nitrogen and oxygen atoms in total. The summed E-state index contributed by atoms with van der Waals surface area (Å²) in [5.41, 5.74) is 8.96. The van der Waals surface area contributed by atoms with E-state index in [2.05, 4.69) is 37.2 Å². The molecule has 3 heteroatoms. The summed E-state index contributed by atoms with van der Waals surface area (Å²) in [6.45, 7) is 8.69. The van der Waals surface area contributed by atoms with Gasteiger partial charge in [0.2, 0.25) is 0 Å². The Hall–Kier alpha value is -1.22. The fourth-order valence-corrected chi connectivity index (χ4v) is 1.76. The molecule has 0 spiro atoms. The van der Waals surface area contributed by atoms with E-state index in [9.17, 15) is 0 Å². The van der Waals surface area contributed by atoms with Gasteiger partial charge in [0.1, 0.15) is 0 Å². The Bertz CT molecular complexity index is 361. The molecule has 0 amide bonds. The summed E-state index contributed by atoms with van der Waals surface area (Å²) >= 11 is 0. The fourth-order valence-electron chi connectivity index (χ4n) is 1.76. The molecule has 0 saturated carbocycles. The third-order valence-corrected chi connectivity index (χ3v) is 3.42. The molecule has 0 heterocycles. The first-order valence-corrected chi connectivity index (χ1v) is 6.81. The number of nitrogens with zero attached hydrogens (tertiary/aromatic N) is 1. The highest BCUT2D eigenvalue weighted by Gasteiger charge is 2.01. The van der Waals surface area contributed by atoms with Crippen LogP contribution in [0.15, 0.2) is 18.2 Å². The molecule has 102 valence electrons. The molecule has 3 N–H and O–H groups in total. The molecule has 1 aromatic rings. The minimum absolute atomic E-state index is 0.637. The summed E-state index contributed by atoms with van der Waals surface area (Å²) in [5.74, 6) is 0. The lowest BCUT2D eigenvalue weighted by atomic mass is 10.2. The van der Waals surface area contributed by atoms with Crippen LogP contribution >= 0.6 is 0 Å². The van der Waals surface area contributed by atoms with E-state index in [1.54, 1.807) is 0 Å². The van der Waals surface area contributed by atoms with Crippen molar-refractivity contribution in [1.82, 2.24) is 4.90 Å². The van der Waals surface area contributed by atoms with Gasteiger partial charge < -0.3 is 16.0 Å². The number of benzene rings is 1. The lowest BCUT2D eigenvalue weighted by molar-refractivity contribution is 0.269. The van der Waals surface area contributed by atoms with Crippen molar-refractivity contribution in [2.24, 2.45) is 0 Å². The largest absolute Gasteiger partial charge is 0.399 e. The molecule has 0 aliphatic carbocycles. The first kappa shape index (κ1) is 14.8. The number of hydrogen-bond acceptors (Lipinski definition) is 3. The number of unbranched alkanes of at least 4 members (excludes halogenated alkanes) is 1. The van der Waals surface area contributed by atoms with E-state index in [-0.39, 0.29) is 0 Å². The maximum atomic E-state index is 5.79. The molecule has 1 rings (SSSR count). The topological polar surface area (TPSA) is 41.3 Å². The Balaban J connectivity index is 2.20. The average molecular weight is 249 g/mol. The lowest BCUT2D eigenvalue weighted by Gasteiger charge is -2.20. The van der Waals surface area contributed by atoms with Crippen LogP contribution in [0.3, 0.4) is 0 Å². The summed E-state index contributed by atoms with van der Waals surface area (Å²) in [6, 6.07) is 6.75. The molecule has 0 atom stereocenters. The number of aryl methyl sites for hydroxylation is 1. The van der Waals surface area contributed by atoms with Gasteiger partial charge in [-0.25, -0.2) is 0 Å². The zero-order valence-electron chi connectivity index (χ0n) is 12.2. The van der Waals surface area contributed by atoms with Crippen LogP contribution in [0.25, 0.3) is 0 Å². The zero-order chi connectivity index (χ0) is 13.5. The second-order valence-corrected chi connectivity index (χ2v) is 5.28. The third-order valence-electron chi connectivity index (χ3n) is 3.42. The van der Waals surface area contributed by atoms with Crippen molar-refractivity contribution < 1.29 is 0 Å². The van der Waals surface area contributed by atoms with E-state index < -0.39 is 0 Å². The maximum Gasteiger partial charge on any atom is 0.0345 e. The van der Waals surface area contributed by atoms with E-state index >= 15 is 0 Å². The molecular formula is C15H27N3. The molecule has 0 saturated heterocycles. The monoisotopic (exact) mass is 249 g/mol. The fraction of sp³-hybridized carbons (Fsp3) is 0.600. The van der Waals surface area contributed by atoms with Gasteiger partial charge in [0.05, 0.1) is 0 Å². The summed E-state index contributed by atoms with van der Waals surface area (Å²) in [5, 5.41) is 3.44. The number of anilines is 2. The van der Waals surface area contributed by atoms with Crippen molar-refractivity contribution >= 4 is 11.4 Å². The zero-order valence-corrected chi connectivity index (χ0v) is 12.2. The van der Waals surface area contributed by atoms with E-state index in [4.69, 9.17) is 5.73 Å². The molecule has 0 radical (unpaired) electrons. The quantitative estimate of drug-likeness (QED) is 0.576. The molecule has 0 aliphatic rings. The molecule has 0 aromatic heterocycles. The standard InChI is InChI=1S/C15H27N3/c1-12(2)18(4)10-6-5-9-17-14-7-8-15(16)13(3)11-14/h7-8,11-12,17H,5-6,9-10,16H2,1-4H3. The predicted octanol–water partition coefficient (Wildman–Crippen LogP) is 3.11. The highest BCUT2D eigenvalue weighted by molar-refractivity contribution is 5.56. The molecule has 1 aromatic carbocycles. The molecule has 18 heavy (non-hydrogen) atoms. The van der Waals surface area contributed by atoms with E-state index in [0.717, 1.165) is 17.8 Å². The van der Waals surface area contributed by atoms with Crippen molar-refractivity contribution in [3.05, 3.63) is 23.8 Å². The predicted molar refractivity (Wildman–Crippen MR) is 81.1 cm³/mol. The molecule has 0 bridgehead atoms. The van der Waals surface area contributed by atoms with Gasteiger partial charge >= 0.3 is 0 Å². The van der Waals surface area contributed by atoms with Crippen LogP contribution in [-0.4, -0.2) is 31.1 Å². The Kier molecular flexibility index (Phi) is 5.99. The van der Waals surface area contributed by atoms with Gasteiger partial charge in [-0.15, -0.1) is 0 Å². The van der Waals surface area contributed by atoms with Gasteiger partial charge in [0.25, 0.3) is 0 Å². The van der Waals surface area contributed by atoms with Gasteiger partial charge in [-0.3, -0.25) is 0 Å². The number of nitrogen functional groups attached to an aromatic ring is 1. The first-order chi connectivity index (χ1) is 8.50. The highest BCUT2D eigenvalue weighted by Crippen LogP contribution is 2.16. The summed E-state index contributed by atoms with van der Waals surface area (Å²) in [7, 11) is 2.18. The number of hydrogen-bond donors (Lipinski definition) is 2. The second kappa shape index (κ2) is 7.27. The number of rotatable bonds is 7. The maximum absolute atomic E-state index is 5.79. The summed E-state index contributed by atoms with van der Waals surface area (Å²) in [4.78, 5) is 2.38. The molecule has 0 fully saturated rings. The van der Waals surface area contributed by atoms with Crippen molar-refractivity contribution in [3.8, 4) is 0 Å². The third kappa shape index (κ3) is 4.96. The summed E-state index contributed by atoms with van der Waals surface area (Å²) in [6.07, 6.45) is 2.43. The average Bonchev–Trinajstić information content (AvgIpc) is 2.32. The Morgan fingerprint density at radius 2 is 2.00 bits per heavy atom. The molecule has 0 aliphatic heterocycles. The van der Waals surface area contributed by atoms with Crippen LogP contribution in [0.1, 0.15) is 32.3 Å². The van der Waals surface area contributed by atoms with Crippen molar-refractivity contribution in [3.63, 3.8) is 0 Å². The number of nitrogens with two attached hydrogens (primary N) is 1. The van der Waals surface area contributed by atoms with Crippen molar-refractivity contribution in [2.75, 3.05) is 31.2 Å². The Labute approximate surface area is 111 Å². The van der Waals surface area contributed by atoms with Gasteiger partial charge in [-0.05, 0) is 71.0 Å². The van der Waals surface area contributed by atoms with E-state index in [1.165, 1.54) is 25.1 Å². The van der Waals surface area contributed by atoms with Crippen LogP contribution in [-0.2, 0) is 0 Å². The molecule has 0 unspecified atom stereocenters. The van der Waals surface area contributed by atoms with Gasteiger partial charge in [-0.2, -0.15) is 0 Å². The van der Waals surface area contributed by atoms with Gasteiger partial charge in [0, 0.05) is 24.0 Å². The second-order valence-electron chi connectivity index (χ2n) is 5.28. The Morgan fingerprint density at radius 3 is 2.61 bits per heavy atom. The van der Waals surface area contributed by atoms with E-state index in [0.29, 0.717) is 6.04 Å². The number of nitrogens with one attached hydrogen (secondary N) is 1. The highest BCUT2D eigenvalue weighted by atomic mass is 15.1. The minimum Gasteiger partial charge on any atom is -0.399 e. The van der Waals surface area contributed by atoms with Crippen LogP contribution in [0.4, 0.5) is 11.4 Å². The smallest absolute Gasteiger partial charge is 0.0345 e. The van der Waals surface area contributed by atoms with Crippen LogP contribution in [0, 0.1) is 6.92 Å². The van der Waals surface area contributed by atoms with Gasteiger partial charge in [0.15, 0.2) is 0 Å². The summed E-state index contributed by atoms with van der Waals surface area (Å²) < 4.78 is 0. The Morgan fingerprint density at radius 1 is 1.28 bits per heavy atom. The lowest BCUT2D eigenvalue weighted by Crippen LogP contribution is -2.27. The SMILES string of the molecule is Cc1cc(NCCCCN(C)C(C)C)ccc1N. The van der Waals surface area contributed by atoms with Crippen molar-refractivity contribution in [2.45, 2.75) is 39.7 Å². The van der Waals surface area contributed by atoms with Crippen LogP contribution in [0.2, 0.25) is 0 Å². The first-order valence-electron chi connectivity index (χ1n) is 6.81.